The zero-order chi connectivity index (χ0) is 20.2. The Bertz CT molecular complexity index is 863. The lowest BCUT2D eigenvalue weighted by atomic mass is 9.76. The van der Waals surface area contributed by atoms with Gasteiger partial charge in [-0.2, -0.15) is 11.8 Å². The molecule has 3 aliphatic heterocycles. The Balaban J connectivity index is 1.86. The summed E-state index contributed by atoms with van der Waals surface area (Å²) in [6.45, 7) is 3.84. The van der Waals surface area contributed by atoms with Crippen LogP contribution in [0.1, 0.15) is 32.3 Å². The number of carbonyl (C=O) groups excluding carboxylic acids is 3. The van der Waals surface area contributed by atoms with Gasteiger partial charge in [-0.15, -0.1) is 0 Å². The van der Waals surface area contributed by atoms with E-state index in [4.69, 9.17) is 11.6 Å². The molecule has 0 aliphatic carbocycles. The van der Waals surface area contributed by atoms with Crippen LogP contribution in [0.4, 0.5) is 5.69 Å². The van der Waals surface area contributed by atoms with E-state index < -0.39 is 17.4 Å². The Morgan fingerprint density at radius 2 is 2.04 bits per heavy atom. The van der Waals surface area contributed by atoms with Gasteiger partial charge in [0.05, 0.1) is 11.8 Å². The number of hydrogen-bond acceptors (Lipinski definition) is 5. The van der Waals surface area contributed by atoms with Crippen LogP contribution in [0.15, 0.2) is 18.2 Å². The summed E-state index contributed by atoms with van der Waals surface area (Å²) in [5.41, 5.74) is 0.0651. The van der Waals surface area contributed by atoms with Gasteiger partial charge in [-0.1, -0.05) is 18.5 Å². The van der Waals surface area contributed by atoms with Crippen molar-refractivity contribution in [2.75, 3.05) is 17.3 Å². The van der Waals surface area contributed by atoms with Crippen LogP contribution >= 0.6 is 23.4 Å². The number of anilines is 1. The second-order valence-electron chi connectivity index (χ2n) is 7.79. The van der Waals surface area contributed by atoms with Crippen LogP contribution in [0, 0.1) is 11.8 Å². The van der Waals surface area contributed by atoms with E-state index in [1.165, 1.54) is 4.90 Å². The molecule has 3 amide bonds. The molecule has 0 radical (unpaired) electrons. The Morgan fingerprint density at radius 1 is 1.29 bits per heavy atom. The average Bonchev–Trinajstić information content (AvgIpc) is 3.25. The number of fused-ring (bicyclic) bond motifs is 4. The number of benzene rings is 1. The number of imide groups is 1. The van der Waals surface area contributed by atoms with E-state index in [-0.39, 0.29) is 29.8 Å². The largest absolute Gasteiger partial charge is 0.324 e. The summed E-state index contributed by atoms with van der Waals surface area (Å²) >= 11 is 7.91. The Kier molecular flexibility index (Phi) is 4.96. The van der Waals surface area contributed by atoms with Crippen molar-refractivity contribution < 1.29 is 14.4 Å². The van der Waals surface area contributed by atoms with Crippen molar-refractivity contribution in [2.24, 2.45) is 11.8 Å². The summed E-state index contributed by atoms with van der Waals surface area (Å²) in [5, 5.41) is 6.81. The molecule has 2 saturated heterocycles. The van der Waals surface area contributed by atoms with E-state index in [1.807, 2.05) is 20.1 Å². The summed E-state index contributed by atoms with van der Waals surface area (Å²) in [7, 11) is 0. The fourth-order valence-electron chi connectivity index (χ4n) is 4.91. The SMILES string of the molecule is CC[C@H](C)N1C(=O)[C@@H]2[C@H](CCSC)N[C@@]3(C(=O)Nc4ccc(Cl)cc43)[C@@H]2C1=O. The van der Waals surface area contributed by atoms with Gasteiger partial charge in [0.1, 0.15) is 5.54 Å². The first-order valence-electron chi connectivity index (χ1n) is 9.61. The van der Waals surface area contributed by atoms with E-state index in [0.717, 1.165) is 5.75 Å². The number of thioether (sulfide) groups is 1. The molecule has 3 heterocycles. The van der Waals surface area contributed by atoms with Gasteiger partial charge in [0, 0.05) is 28.4 Å². The molecule has 4 rings (SSSR count). The minimum atomic E-state index is -1.25. The molecule has 28 heavy (non-hydrogen) atoms. The van der Waals surface area contributed by atoms with Crippen molar-refractivity contribution in [3.05, 3.63) is 28.8 Å². The Hall–Kier alpha value is -1.57. The van der Waals surface area contributed by atoms with Gasteiger partial charge in [-0.25, -0.2) is 0 Å². The van der Waals surface area contributed by atoms with E-state index >= 15 is 0 Å². The summed E-state index contributed by atoms with van der Waals surface area (Å²) < 4.78 is 0. The molecule has 0 bridgehead atoms. The molecule has 0 saturated carbocycles. The molecule has 2 fully saturated rings. The molecule has 150 valence electrons. The third-order valence-corrected chi connectivity index (χ3v) is 7.25. The minimum absolute atomic E-state index is 0.164. The molecule has 0 aromatic heterocycles. The molecule has 1 spiro atoms. The topological polar surface area (TPSA) is 78.5 Å². The van der Waals surface area contributed by atoms with Gasteiger partial charge < -0.3 is 5.32 Å². The average molecular weight is 422 g/mol. The first kappa shape index (κ1) is 19.7. The molecule has 0 unspecified atom stereocenters. The number of nitrogens with zero attached hydrogens (tertiary/aromatic N) is 1. The number of rotatable bonds is 5. The standard InChI is InChI=1S/C20H24ClN3O3S/c1-4-10(2)24-17(25)15-14(7-8-28-3)23-20(16(15)18(24)26)12-9-11(21)5-6-13(12)22-19(20)27/h5-6,9-10,14-16,23H,4,7-8H2,1-3H3,(H,22,27)/t10-,14-,15+,16-,20+/m0/s1. The van der Waals surface area contributed by atoms with E-state index in [1.54, 1.807) is 30.0 Å². The third kappa shape index (κ3) is 2.56. The minimum Gasteiger partial charge on any atom is -0.324 e. The van der Waals surface area contributed by atoms with Crippen LogP contribution in [0.3, 0.4) is 0 Å². The van der Waals surface area contributed by atoms with Gasteiger partial charge in [-0.3, -0.25) is 24.6 Å². The quantitative estimate of drug-likeness (QED) is 0.714. The monoisotopic (exact) mass is 421 g/mol. The fourth-order valence-corrected chi connectivity index (χ4v) is 5.57. The van der Waals surface area contributed by atoms with Crippen LogP contribution in [-0.4, -0.2) is 46.7 Å². The van der Waals surface area contributed by atoms with Crippen molar-refractivity contribution in [3.63, 3.8) is 0 Å². The Labute approximate surface area is 173 Å². The van der Waals surface area contributed by atoms with Gasteiger partial charge in [0.2, 0.25) is 17.7 Å². The number of halogens is 1. The zero-order valence-electron chi connectivity index (χ0n) is 16.1. The molecule has 2 N–H and O–H groups in total. The lowest BCUT2D eigenvalue weighted by molar-refractivity contribution is -0.145. The van der Waals surface area contributed by atoms with Gasteiger partial charge >= 0.3 is 0 Å². The number of nitrogens with one attached hydrogen (secondary N) is 2. The Morgan fingerprint density at radius 3 is 2.71 bits per heavy atom. The highest BCUT2D eigenvalue weighted by atomic mass is 35.5. The van der Waals surface area contributed by atoms with E-state index in [0.29, 0.717) is 29.1 Å². The lowest BCUT2D eigenvalue weighted by Gasteiger charge is -2.31. The van der Waals surface area contributed by atoms with Crippen LogP contribution < -0.4 is 10.6 Å². The molecule has 6 nitrogen and oxygen atoms in total. The van der Waals surface area contributed by atoms with E-state index in [9.17, 15) is 14.4 Å². The highest BCUT2D eigenvalue weighted by Crippen LogP contribution is 2.54. The molecular weight excluding hydrogens is 398 g/mol. The summed E-state index contributed by atoms with van der Waals surface area (Å²) in [4.78, 5) is 41.4. The second kappa shape index (κ2) is 7.04. The van der Waals surface area contributed by atoms with Gasteiger partial charge in [0.25, 0.3) is 0 Å². The maximum atomic E-state index is 13.5. The van der Waals surface area contributed by atoms with Crippen LogP contribution in [-0.2, 0) is 19.9 Å². The molecule has 1 aromatic carbocycles. The highest BCUT2D eigenvalue weighted by molar-refractivity contribution is 7.98. The number of likely N-dealkylation sites (tertiary alicyclic amines) is 1. The van der Waals surface area contributed by atoms with Crippen LogP contribution in [0.2, 0.25) is 5.02 Å². The summed E-state index contributed by atoms with van der Waals surface area (Å²) in [5.74, 6) is -1.15. The normalized spacial score (nSPS) is 32.1. The molecule has 1 aromatic rings. The van der Waals surface area contributed by atoms with Crippen LogP contribution in [0.5, 0.6) is 0 Å². The number of hydrogen-bond donors (Lipinski definition) is 2. The third-order valence-electron chi connectivity index (χ3n) is 6.38. The summed E-state index contributed by atoms with van der Waals surface area (Å²) in [6, 6.07) is 4.78. The van der Waals surface area contributed by atoms with Crippen molar-refractivity contribution in [2.45, 2.75) is 44.3 Å². The van der Waals surface area contributed by atoms with Gasteiger partial charge in [-0.05, 0) is 50.0 Å². The molecule has 3 aliphatic rings. The highest BCUT2D eigenvalue weighted by Gasteiger charge is 2.70. The number of carbonyl (C=O) groups is 3. The van der Waals surface area contributed by atoms with Gasteiger partial charge in [0.15, 0.2) is 0 Å². The number of amides is 3. The molecular formula is C20H24ClN3O3S. The van der Waals surface area contributed by atoms with Crippen LogP contribution in [0.25, 0.3) is 0 Å². The molecule has 5 atom stereocenters. The fraction of sp³-hybridized carbons (Fsp3) is 0.550. The maximum absolute atomic E-state index is 13.5. The smallest absolute Gasteiger partial charge is 0.250 e. The van der Waals surface area contributed by atoms with Crippen molar-refractivity contribution >= 4 is 46.8 Å². The first-order valence-corrected chi connectivity index (χ1v) is 11.4. The molecule has 8 heteroatoms. The van der Waals surface area contributed by atoms with Crippen molar-refractivity contribution in [3.8, 4) is 0 Å². The predicted molar refractivity (Wildman–Crippen MR) is 110 cm³/mol. The lowest BCUT2D eigenvalue weighted by Crippen LogP contribution is -2.54. The predicted octanol–water partition coefficient (Wildman–Crippen LogP) is 2.61. The second-order valence-corrected chi connectivity index (χ2v) is 9.21. The van der Waals surface area contributed by atoms with Crippen molar-refractivity contribution in [1.29, 1.82) is 0 Å². The first-order chi connectivity index (χ1) is 13.4. The van der Waals surface area contributed by atoms with Crippen molar-refractivity contribution in [1.82, 2.24) is 10.2 Å². The maximum Gasteiger partial charge on any atom is 0.250 e. The zero-order valence-corrected chi connectivity index (χ0v) is 17.7. The summed E-state index contributed by atoms with van der Waals surface area (Å²) in [6.07, 6.45) is 3.40. The van der Waals surface area contributed by atoms with E-state index in [2.05, 4.69) is 10.6 Å².